The van der Waals surface area contributed by atoms with Crippen LogP contribution in [0.3, 0.4) is 0 Å². The van der Waals surface area contributed by atoms with Crippen molar-refractivity contribution in [1.29, 1.82) is 0 Å². The number of nitrogens with one attached hydrogen (secondary N) is 1. The Morgan fingerprint density at radius 2 is 1.90 bits per heavy atom. The maximum Gasteiger partial charge on any atom is 0.0622 e. The van der Waals surface area contributed by atoms with Gasteiger partial charge in [0.25, 0.3) is 0 Å². The molecule has 1 N–H and O–H groups in total. The van der Waals surface area contributed by atoms with Crippen LogP contribution in [-0.2, 0) is 4.74 Å². The molecule has 0 aromatic rings. The highest BCUT2D eigenvalue weighted by molar-refractivity contribution is 4.89. The molecular formula is C17H34N2O. The molecule has 0 aromatic carbocycles. The third-order valence-corrected chi connectivity index (χ3v) is 5.16. The van der Waals surface area contributed by atoms with Crippen LogP contribution >= 0.6 is 0 Å². The summed E-state index contributed by atoms with van der Waals surface area (Å²) in [7, 11) is 2.31. The van der Waals surface area contributed by atoms with Gasteiger partial charge in [0.05, 0.1) is 6.61 Å². The van der Waals surface area contributed by atoms with E-state index in [9.17, 15) is 0 Å². The van der Waals surface area contributed by atoms with Crippen LogP contribution < -0.4 is 5.32 Å². The number of rotatable bonds is 6. The Bertz CT molecular complexity index is 266. The van der Waals surface area contributed by atoms with Crippen LogP contribution in [0.4, 0.5) is 0 Å². The van der Waals surface area contributed by atoms with Crippen molar-refractivity contribution in [2.45, 2.75) is 70.9 Å². The molecule has 1 unspecified atom stereocenters. The Hall–Kier alpha value is -0.120. The summed E-state index contributed by atoms with van der Waals surface area (Å²) in [5.74, 6) is 0. The normalized spacial score (nSPS) is 27.1. The minimum Gasteiger partial charge on any atom is -0.380 e. The van der Waals surface area contributed by atoms with E-state index in [1.165, 1.54) is 58.0 Å². The van der Waals surface area contributed by atoms with Crippen LogP contribution in [0.1, 0.15) is 58.8 Å². The van der Waals surface area contributed by atoms with Crippen LogP contribution in [0.15, 0.2) is 0 Å². The molecule has 3 nitrogen and oxygen atoms in total. The van der Waals surface area contributed by atoms with Crippen molar-refractivity contribution in [2.24, 2.45) is 5.41 Å². The maximum atomic E-state index is 5.57. The quantitative estimate of drug-likeness (QED) is 0.758. The summed E-state index contributed by atoms with van der Waals surface area (Å²) < 4.78 is 5.57. The highest BCUT2D eigenvalue weighted by atomic mass is 16.5. The predicted octanol–water partition coefficient (Wildman–Crippen LogP) is 3.05. The molecule has 1 atom stereocenters. The zero-order valence-corrected chi connectivity index (χ0v) is 13.8. The molecule has 1 aliphatic heterocycles. The van der Waals surface area contributed by atoms with Gasteiger partial charge in [-0.15, -0.1) is 0 Å². The maximum absolute atomic E-state index is 5.57. The fraction of sp³-hybridized carbons (Fsp3) is 1.00. The van der Waals surface area contributed by atoms with Gasteiger partial charge in [0.15, 0.2) is 0 Å². The van der Waals surface area contributed by atoms with Gasteiger partial charge >= 0.3 is 0 Å². The summed E-state index contributed by atoms with van der Waals surface area (Å²) in [5.41, 5.74) is 0.484. The SMILES string of the molecule is CC(C)NCC1(CN(C)C2CCOC2)CCCCCC1. The Morgan fingerprint density at radius 1 is 1.20 bits per heavy atom. The summed E-state index contributed by atoms with van der Waals surface area (Å²) >= 11 is 0. The lowest BCUT2D eigenvalue weighted by molar-refractivity contribution is 0.0997. The molecule has 2 rings (SSSR count). The summed E-state index contributed by atoms with van der Waals surface area (Å²) in [5, 5.41) is 3.72. The second kappa shape index (κ2) is 7.77. The van der Waals surface area contributed by atoms with Crippen molar-refractivity contribution in [3.05, 3.63) is 0 Å². The predicted molar refractivity (Wildman–Crippen MR) is 85.1 cm³/mol. The van der Waals surface area contributed by atoms with Gasteiger partial charge in [-0.1, -0.05) is 39.5 Å². The van der Waals surface area contributed by atoms with Crippen molar-refractivity contribution in [2.75, 3.05) is 33.4 Å². The zero-order chi connectivity index (χ0) is 14.4. The van der Waals surface area contributed by atoms with Crippen LogP contribution in [0, 0.1) is 5.41 Å². The molecule has 0 radical (unpaired) electrons. The molecule has 1 saturated heterocycles. The first-order valence-corrected chi connectivity index (χ1v) is 8.63. The standard InChI is InChI=1S/C17H34N2O/c1-15(2)18-13-17(9-6-4-5-7-10-17)14-19(3)16-8-11-20-12-16/h15-16,18H,4-14H2,1-3H3. The van der Waals surface area contributed by atoms with E-state index in [1.807, 2.05) is 0 Å². The molecule has 2 fully saturated rings. The fourth-order valence-electron chi connectivity index (χ4n) is 3.82. The van der Waals surface area contributed by atoms with E-state index in [-0.39, 0.29) is 0 Å². The first-order valence-electron chi connectivity index (χ1n) is 8.63. The van der Waals surface area contributed by atoms with Gasteiger partial charge in [-0.3, -0.25) is 0 Å². The molecular weight excluding hydrogens is 248 g/mol. The lowest BCUT2D eigenvalue weighted by atomic mass is 9.79. The van der Waals surface area contributed by atoms with Crippen LogP contribution in [-0.4, -0.2) is 50.3 Å². The first-order chi connectivity index (χ1) is 9.61. The highest BCUT2D eigenvalue weighted by Gasteiger charge is 2.34. The van der Waals surface area contributed by atoms with Crippen molar-refractivity contribution >= 4 is 0 Å². The average Bonchev–Trinajstić information content (AvgIpc) is 2.85. The molecule has 1 aliphatic carbocycles. The van der Waals surface area contributed by atoms with Crippen molar-refractivity contribution in [1.82, 2.24) is 10.2 Å². The van der Waals surface area contributed by atoms with Crippen molar-refractivity contribution in [3.8, 4) is 0 Å². The summed E-state index contributed by atoms with van der Waals surface area (Å²) in [4.78, 5) is 2.58. The minimum atomic E-state index is 0.484. The summed E-state index contributed by atoms with van der Waals surface area (Å²) in [6, 6.07) is 1.24. The molecule has 20 heavy (non-hydrogen) atoms. The monoisotopic (exact) mass is 282 g/mol. The fourth-order valence-corrected chi connectivity index (χ4v) is 3.82. The van der Waals surface area contributed by atoms with E-state index < -0.39 is 0 Å². The van der Waals surface area contributed by atoms with Gasteiger partial charge < -0.3 is 15.0 Å². The topological polar surface area (TPSA) is 24.5 Å². The minimum absolute atomic E-state index is 0.484. The van der Waals surface area contributed by atoms with Gasteiger partial charge in [-0.2, -0.15) is 0 Å². The summed E-state index contributed by atoms with van der Waals surface area (Å²) in [6.45, 7) is 8.83. The zero-order valence-electron chi connectivity index (χ0n) is 13.8. The molecule has 0 spiro atoms. The Kier molecular flexibility index (Phi) is 6.31. The van der Waals surface area contributed by atoms with E-state index in [0.717, 1.165) is 13.2 Å². The lowest BCUT2D eigenvalue weighted by Gasteiger charge is -2.39. The van der Waals surface area contributed by atoms with Gasteiger partial charge in [-0.05, 0) is 31.7 Å². The molecule has 0 aromatic heterocycles. The van der Waals surface area contributed by atoms with Crippen molar-refractivity contribution in [3.63, 3.8) is 0 Å². The second-order valence-electron chi connectivity index (χ2n) is 7.38. The molecule has 2 aliphatic rings. The number of hydrogen-bond acceptors (Lipinski definition) is 3. The highest BCUT2D eigenvalue weighted by Crippen LogP contribution is 2.36. The average molecular weight is 282 g/mol. The van der Waals surface area contributed by atoms with E-state index in [2.05, 4.69) is 31.1 Å². The number of ether oxygens (including phenoxy) is 1. The van der Waals surface area contributed by atoms with E-state index in [1.54, 1.807) is 0 Å². The number of likely N-dealkylation sites (N-methyl/N-ethyl adjacent to an activating group) is 1. The van der Waals surface area contributed by atoms with Gasteiger partial charge in [0.1, 0.15) is 0 Å². The third-order valence-electron chi connectivity index (χ3n) is 5.16. The third kappa shape index (κ3) is 4.71. The largest absolute Gasteiger partial charge is 0.380 e. The van der Waals surface area contributed by atoms with Crippen molar-refractivity contribution < 1.29 is 4.74 Å². The molecule has 1 heterocycles. The van der Waals surface area contributed by atoms with E-state index in [4.69, 9.17) is 4.74 Å². The number of hydrogen-bond donors (Lipinski definition) is 1. The summed E-state index contributed by atoms with van der Waals surface area (Å²) in [6.07, 6.45) is 9.68. The smallest absolute Gasteiger partial charge is 0.0622 e. The molecule has 1 saturated carbocycles. The number of nitrogens with zero attached hydrogens (tertiary/aromatic N) is 1. The van der Waals surface area contributed by atoms with Gasteiger partial charge in [-0.25, -0.2) is 0 Å². The Labute approximate surface area is 125 Å². The van der Waals surface area contributed by atoms with E-state index in [0.29, 0.717) is 17.5 Å². The van der Waals surface area contributed by atoms with Crippen LogP contribution in [0.2, 0.25) is 0 Å². The Morgan fingerprint density at radius 3 is 2.45 bits per heavy atom. The van der Waals surface area contributed by atoms with Crippen LogP contribution in [0.25, 0.3) is 0 Å². The van der Waals surface area contributed by atoms with Crippen LogP contribution in [0.5, 0.6) is 0 Å². The Balaban J connectivity index is 1.96. The lowest BCUT2D eigenvalue weighted by Crippen LogP contribution is -2.47. The second-order valence-corrected chi connectivity index (χ2v) is 7.38. The molecule has 0 amide bonds. The van der Waals surface area contributed by atoms with Gasteiger partial charge in [0.2, 0.25) is 0 Å². The van der Waals surface area contributed by atoms with Gasteiger partial charge in [0, 0.05) is 31.8 Å². The molecule has 0 bridgehead atoms. The molecule has 118 valence electrons. The first kappa shape index (κ1) is 16.3. The molecule has 3 heteroatoms. The van der Waals surface area contributed by atoms with E-state index >= 15 is 0 Å².